The molecule has 0 spiro atoms. The highest BCUT2D eigenvalue weighted by atomic mass is 16.2. The van der Waals surface area contributed by atoms with Crippen molar-refractivity contribution in [2.75, 3.05) is 6.54 Å². The van der Waals surface area contributed by atoms with E-state index in [1.165, 1.54) is 32.1 Å². The van der Waals surface area contributed by atoms with Crippen LogP contribution in [0.25, 0.3) is 0 Å². The van der Waals surface area contributed by atoms with Crippen LogP contribution < -0.4 is 10.6 Å². The van der Waals surface area contributed by atoms with Gasteiger partial charge in [-0.05, 0) is 45.1 Å². The maximum atomic E-state index is 12.3. The van der Waals surface area contributed by atoms with Gasteiger partial charge in [0.25, 0.3) is 0 Å². The van der Waals surface area contributed by atoms with E-state index < -0.39 is 0 Å². The van der Waals surface area contributed by atoms with E-state index in [9.17, 15) is 4.79 Å². The molecule has 1 saturated carbocycles. The van der Waals surface area contributed by atoms with Gasteiger partial charge in [0.1, 0.15) is 0 Å². The molecule has 1 amide bonds. The highest BCUT2D eigenvalue weighted by Crippen LogP contribution is 2.27. The van der Waals surface area contributed by atoms with Gasteiger partial charge in [-0.3, -0.25) is 4.79 Å². The Hall–Kier alpha value is -0.570. The standard InChI is InChI=1S/C14H26N2O/c1-3-11-6-4-7-12(10-11)16-13(17)14(2)8-5-9-15-14/h11-12,15H,3-10H2,1-2H3,(H,16,17). The molecule has 3 atom stereocenters. The third kappa shape index (κ3) is 3.01. The van der Waals surface area contributed by atoms with Crippen LogP contribution in [-0.2, 0) is 4.79 Å². The van der Waals surface area contributed by atoms with E-state index in [-0.39, 0.29) is 11.4 Å². The highest BCUT2D eigenvalue weighted by molar-refractivity contribution is 5.86. The molecule has 0 bridgehead atoms. The lowest BCUT2D eigenvalue weighted by molar-refractivity contribution is -0.127. The van der Waals surface area contributed by atoms with Gasteiger partial charge in [-0.1, -0.05) is 26.2 Å². The number of nitrogens with one attached hydrogen (secondary N) is 2. The van der Waals surface area contributed by atoms with Gasteiger partial charge in [-0.2, -0.15) is 0 Å². The molecule has 0 radical (unpaired) electrons. The Morgan fingerprint density at radius 1 is 1.41 bits per heavy atom. The first-order valence-corrected chi connectivity index (χ1v) is 7.20. The van der Waals surface area contributed by atoms with Crippen molar-refractivity contribution in [2.24, 2.45) is 5.92 Å². The number of amides is 1. The average Bonchev–Trinajstić information content (AvgIpc) is 2.78. The summed E-state index contributed by atoms with van der Waals surface area (Å²) >= 11 is 0. The van der Waals surface area contributed by atoms with Crippen molar-refractivity contribution < 1.29 is 4.79 Å². The van der Waals surface area contributed by atoms with Crippen molar-refractivity contribution in [3.05, 3.63) is 0 Å². The monoisotopic (exact) mass is 238 g/mol. The van der Waals surface area contributed by atoms with E-state index in [0.29, 0.717) is 6.04 Å². The Labute approximate surface area is 105 Å². The molecule has 1 saturated heterocycles. The number of carbonyl (C=O) groups is 1. The van der Waals surface area contributed by atoms with Crippen LogP contribution in [0.4, 0.5) is 0 Å². The molecule has 2 aliphatic rings. The Bertz CT molecular complexity index is 271. The van der Waals surface area contributed by atoms with E-state index >= 15 is 0 Å². The second-order valence-corrected chi connectivity index (χ2v) is 5.97. The summed E-state index contributed by atoms with van der Waals surface area (Å²) < 4.78 is 0. The molecule has 0 aromatic heterocycles. The van der Waals surface area contributed by atoms with Crippen molar-refractivity contribution >= 4 is 5.91 Å². The van der Waals surface area contributed by atoms with E-state index in [0.717, 1.165) is 25.3 Å². The summed E-state index contributed by atoms with van der Waals surface area (Å²) in [5, 5.41) is 6.60. The molecule has 3 nitrogen and oxygen atoms in total. The lowest BCUT2D eigenvalue weighted by Gasteiger charge is -2.32. The minimum absolute atomic E-state index is 0.219. The van der Waals surface area contributed by atoms with Gasteiger partial charge in [0.15, 0.2) is 0 Å². The fraction of sp³-hybridized carbons (Fsp3) is 0.929. The average molecular weight is 238 g/mol. The van der Waals surface area contributed by atoms with Gasteiger partial charge in [-0.15, -0.1) is 0 Å². The Balaban J connectivity index is 1.85. The molecule has 0 aromatic carbocycles. The summed E-state index contributed by atoms with van der Waals surface area (Å²) in [4.78, 5) is 12.3. The van der Waals surface area contributed by atoms with Crippen LogP contribution in [0.5, 0.6) is 0 Å². The molecule has 2 N–H and O–H groups in total. The van der Waals surface area contributed by atoms with E-state index in [4.69, 9.17) is 0 Å². The van der Waals surface area contributed by atoms with E-state index in [2.05, 4.69) is 17.6 Å². The molecular formula is C14H26N2O. The van der Waals surface area contributed by atoms with Crippen LogP contribution in [0.3, 0.4) is 0 Å². The van der Waals surface area contributed by atoms with Crippen molar-refractivity contribution in [2.45, 2.75) is 70.4 Å². The molecular weight excluding hydrogens is 212 g/mol. The predicted molar refractivity (Wildman–Crippen MR) is 69.8 cm³/mol. The Kier molecular flexibility index (Phi) is 4.08. The largest absolute Gasteiger partial charge is 0.352 e. The molecule has 1 heterocycles. The van der Waals surface area contributed by atoms with Gasteiger partial charge in [0.05, 0.1) is 5.54 Å². The summed E-state index contributed by atoms with van der Waals surface area (Å²) in [6.07, 6.45) is 8.31. The summed E-state index contributed by atoms with van der Waals surface area (Å²) in [7, 11) is 0. The fourth-order valence-electron chi connectivity index (χ4n) is 3.23. The normalized spacial score (nSPS) is 38.0. The van der Waals surface area contributed by atoms with Crippen LogP contribution in [0.15, 0.2) is 0 Å². The van der Waals surface area contributed by atoms with Crippen LogP contribution in [-0.4, -0.2) is 24.0 Å². The molecule has 1 aliphatic heterocycles. The number of rotatable bonds is 3. The van der Waals surface area contributed by atoms with Gasteiger partial charge in [0, 0.05) is 6.04 Å². The van der Waals surface area contributed by atoms with Crippen LogP contribution in [0, 0.1) is 5.92 Å². The first-order valence-electron chi connectivity index (χ1n) is 7.20. The summed E-state index contributed by atoms with van der Waals surface area (Å²) in [5.41, 5.74) is -0.306. The maximum Gasteiger partial charge on any atom is 0.240 e. The SMILES string of the molecule is CCC1CCCC(NC(=O)C2(C)CCCN2)C1. The Morgan fingerprint density at radius 3 is 2.88 bits per heavy atom. The zero-order chi connectivity index (χ0) is 12.3. The van der Waals surface area contributed by atoms with Gasteiger partial charge < -0.3 is 10.6 Å². The topological polar surface area (TPSA) is 41.1 Å². The molecule has 17 heavy (non-hydrogen) atoms. The van der Waals surface area contributed by atoms with E-state index in [1.54, 1.807) is 0 Å². The summed E-state index contributed by atoms with van der Waals surface area (Å²) in [5.74, 6) is 1.04. The second kappa shape index (κ2) is 5.38. The van der Waals surface area contributed by atoms with Crippen molar-refractivity contribution in [1.82, 2.24) is 10.6 Å². The fourth-order valence-corrected chi connectivity index (χ4v) is 3.23. The smallest absolute Gasteiger partial charge is 0.240 e. The Morgan fingerprint density at radius 2 is 2.24 bits per heavy atom. The van der Waals surface area contributed by atoms with Crippen LogP contribution in [0.1, 0.15) is 58.8 Å². The number of carbonyl (C=O) groups excluding carboxylic acids is 1. The number of hydrogen-bond donors (Lipinski definition) is 2. The lowest BCUT2D eigenvalue weighted by atomic mass is 9.84. The molecule has 3 heteroatoms. The predicted octanol–water partition coefficient (Wildman–Crippen LogP) is 2.21. The van der Waals surface area contributed by atoms with Crippen LogP contribution in [0.2, 0.25) is 0 Å². The minimum Gasteiger partial charge on any atom is -0.352 e. The lowest BCUT2D eigenvalue weighted by Crippen LogP contribution is -2.54. The third-order valence-corrected chi connectivity index (χ3v) is 4.57. The van der Waals surface area contributed by atoms with Gasteiger partial charge in [-0.25, -0.2) is 0 Å². The van der Waals surface area contributed by atoms with Crippen molar-refractivity contribution in [3.63, 3.8) is 0 Å². The first kappa shape index (κ1) is 12.9. The minimum atomic E-state index is -0.306. The van der Waals surface area contributed by atoms with Crippen molar-refractivity contribution in [1.29, 1.82) is 0 Å². The molecule has 1 aliphatic carbocycles. The molecule has 2 rings (SSSR count). The zero-order valence-corrected chi connectivity index (χ0v) is 11.2. The van der Waals surface area contributed by atoms with Gasteiger partial charge in [0.2, 0.25) is 5.91 Å². The molecule has 0 aromatic rings. The highest BCUT2D eigenvalue weighted by Gasteiger charge is 2.37. The molecule has 3 unspecified atom stereocenters. The van der Waals surface area contributed by atoms with E-state index in [1.807, 2.05) is 6.92 Å². The third-order valence-electron chi connectivity index (χ3n) is 4.57. The van der Waals surface area contributed by atoms with Crippen LogP contribution >= 0.6 is 0 Å². The van der Waals surface area contributed by atoms with Crippen molar-refractivity contribution in [3.8, 4) is 0 Å². The molecule has 98 valence electrons. The summed E-state index contributed by atoms with van der Waals surface area (Å²) in [6.45, 7) is 5.27. The number of hydrogen-bond acceptors (Lipinski definition) is 2. The molecule has 2 fully saturated rings. The second-order valence-electron chi connectivity index (χ2n) is 5.97. The maximum absolute atomic E-state index is 12.3. The zero-order valence-electron chi connectivity index (χ0n) is 11.2. The summed E-state index contributed by atoms with van der Waals surface area (Å²) in [6, 6.07) is 0.417. The van der Waals surface area contributed by atoms with Gasteiger partial charge >= 0.3 is 0 Å². The quantitative estimate of drug-likeness (QED) is 0.791. The first-order chi connectivity index (χ1) is 8.14.